The Morgan fingerprint density at radius 3 is 1.48 bits per heavy atom. The molecule has 0 saturated carbocycles. The standard InChI is InChI=1S/C62H42N2/c1-3-20-44(21-4-1)50-33-18-24-45-25-19-35-56(62(45)50)54-32-12-16-39-60(54)64(59-38-15-10-30-52(59)51-34-17-23-43-22-7-8-28-48(43)51)57-36-13-9-29-49(57)46-40-41-55-53-31-11-14-37-58(53)63(61(55)42-46)47-26-5-2-6-27-47/h1-42H. The summed E-state index contributed by atoms with van der Waals surface area (Å²) in [5, 5.41) is 7.35. The summed E-state index contributed by atoms with van der Waals surface area (Å²) in [6.07, 6.45) is 0. The highest BCUT2D eigenvalue weighted by atomic mass is 15.1. The van der Waals surface area contributed by atoms with Crippen molar-refractivity contribution < 1.29 is 0 Å². The number of fused-ring (bicyclic) bond motifs is 5. The van der Waals surface area contributed by atoms with E-state index in [-0.39, 0.29) is 0 Å². The van der Waals surface area contributed by atoms with Crippen LogP contribution in [0.25, 0.3) is 93.5 Å². The highest BCUT2D eigenvalue weighted by Crippen LogP contribution is 2.50. The van der Waals surface area contributed by atoms with E-state index in [0.29, 0.717) is 0 Å². The molecule has 12 rings (SSSR count). The number of nitrogens with zero attached hydrogens (tertiary/aromatic N) is 2. The monoisotopic (exact) mass is 814 g/mol. The molecule has 0 radical (unpaired) electrons. The number of hydrogen-bond donors (Lipinski definition) is 0. The molecule has 0 aliphatic carbocycles. The highest BCUT2D eigenvalue weighted by Gasteiger charge is 2.25. The fraction of sp³-hybridized carbons (Fsp3) is 0. The van der Waals surface area contributed by atoms with Crippen LogP contribution < -0.4 is 4.90 Å². The van der Waals surface area contributed by atoms with Crippen LogP contribution in [-0.4, -0.2) is 4.57 Å². The van der Waals surface area contributed by atoms with Gasteiger partial charge in [0.05, 0.1) is 28.1 Å². The number of aromatic nitrogens is 1. The lowest BCUT2D eigenvalue weighted by molar-refractivity contribution is 1.18. The van der Waals surface area contributed by atoms with Crippen LogP contribution in [0.3, 0.4) is 0 Å². The first-order valence-corrected chi connectivity index (χ1v) is 22.0. The largest absolute Gasteiger partial charge is 0.309 e. The molecule has 1 aromatic heterocycles. The Morgan fingerprint density at radius 2 is 0.750 bits per heavy atom. The second-order valence-electron chi connectivity index (χ2n) is 16.4. The molecule has 11 aromatic carbocycles. The molecule has 0 aliphatic heterocycles. The van der Waals surface area contributed by atoms with Gasteiger partial charge in [-0.25, -0.2) is 0 Å². The van der Waals surface area contributed by atoms with Gasteiger partial charge in [-0.1, -0.05) is 212 Å². The van der Waals surface area contributed by atoms with E-state index in [2.05, 4.69) is 264 Å². The van der Waals surface area contributed by atoms with Gasteiger partial charge in [-0.3, -0.25) is 0 Å². The minimum Gasteiger partial charge on any atom is -0.309 e. The zero-order chi connectivity index (χ0) is 42.4. The third kappa shape index (κ3) is 6.27. The van der Waals surface area contributed by atoms with E-state index in [9.17, 15) is 0 Å². The molecule has 0 spiro atoms. The molecule has 300 valence electrons. The van der Waals surface area contributed by atoms with Crippen LogP contribution in [0.15, 0.2) is 255 Å². The van der Waals surface area contributed by atoms with Crippen molar-refractivity contribution in [3.63, 3.8) is 0 Å². The molecule has 0 amide bonds. The zero-order valence-corrected chi connectivity index (χ0v) is 35.1. The Bertz CT molecular complexity index is 3670. The molecule has 0 fully saturated rings. The maximum atomic E-state index is 2.52. The molecule has 0 aliphatic rings. The smallest absolute Gasteiger partial charge is 0.0547 e. The lowest BCUT2D eigenvalue weighted by atomic mass is 9.90. The average molecular weight is 815 g/mol. The Balaban J connectivity index is 1.15. The SMILES string of the molecule is c1ccc(-c2cccc3cccc(-c4ccccc4N(c4ccccc4-c4ccc5c6ccccc6n(-c6ccccc6)c5c4)c4ccccc4-c4cccc5ccccc45)c23)cc1. The summed E-state index contributed by atoms with van der Waals surface area (Å²) in [5.74, 6) is 0. The van der Waals surface area contributed by atoms with E-state index in [1.54, 1.807) is 0 Å². The van der Waals surface area contributed by atoms with Gasteiger partial charge in [0.1, 0.15) is 0 Å². The van der Waals surface area contributed by atoms with E-state index in [1.165, 1.54) is 65.6 Å². The van der Waals surface area contributed by atoms with E-state index >= 15 is 0 Å². The van der Waals surface area contributed by atoms with Crippen molar-refractivity contribution in [3.8, 4) is 50.2 Å². The van der Waals surface area contributed by atoms with Crippen LogP contribution in [0, 0.1) is 0 Å². The normalized spacial score (nSPS) is 11.4. The van der Waals surface area contributed by atoms with Gasteiger partial charge in [0.15, 0.2) is 0 Å². The number of hydrogen-bond acceptors (Lipinski definition) is 1. The van der Waals surface area contributed by atoms with Crippen LogP contribution in [-0.2, 0) is 0 Å². The van der Waals surface area contributed by atoms with Gasteiger partial charge in [0, 0.05) is 33.2 Å². The van der Waals surface area contributed by atoms with Crippen LogP contribution >= 0.6 is 0 Å². The fourth-order valence-corrected chi connectivity index (χ4v) is 9.97. The Labute approximate surface area is 373 Å². The van der Waals surface area contributed by atoms with Gasteiger partial charge in [0.25, 0.3) is 0 Å². The van der Waals surface area contributed by atoms with Crippen LogP contribution in [0.2, 0.25) is 0 Å². The summed E-state index contributed by atoms with van der Waals surface area (Å²) >= 11 is 0. The minimum atomic E-state index is 1.09. The first kappa shape index (κ1) is 37.3. The Hall–Kier alpha value is -8.46. The number of benzene rings is 11. The lowest BCUT2D eigenvalue weighted by Gasteiger charge is -2.32. The second-order valence-corrected chi connectivity index (χ2v) is 16.4. The summed E-state index contributed by atoms with van der Waals surface area (Å²) in [4.78, 5) is 2.52. The highest BCUT2D eigenvalue weighted by molar-refractivity contribution is 6.12. The summed E-state index contributed by atoms with van der Waals surface area (Å²) in [6.45, 7) is 0. The second kappa shape index (κ2) is 15.8. The zero-order valence-electron chi connectivity index (χ0n) is 35.1. The summed E-state index contributed by atoms with van der Waals surface area (Å²) in [6, 6.07) is 92.9. The first-order valence-electron chi connectivity index (χ1n) is 22.0. The predicted octanol–water partition coefficient (Wildman–Crippen LogP) is 17.2. The Kier molecular flexibility index (Phi) is 9.20. The summed E-state index contributed by atoms with van der Waals surface area (Å²) in [5.41, 5.74) is 16.2. The summed E-state index contributed by atoms with van der Waals surface area (Å²) < 4.78 is 2.41. The lowest BCUT2D eigenvalue weighted by Crippen LogP contribution is -2.13. The molecule has 0 saturated heterocycles. The topological polar surface area (TPSA) is 8.17 Å². The molecule has 0 atom stereocenters. The average Bonchev–Trinajstić information content (AvgIpc) is 3.70. The molecule has 2 nitrogen and oxygen atoms in total. The van der Waals surface area contributed by atoms with E-state index in [4.69, 9.17) is 0 Å². The third-order valence-electron chi connectivity index (χ3n) is 12.8. The van der Waals surface area contributed by atoms with E-state index in [0.717, 1.165) is 45.0 Å². The minimum absolute atomic E-state index is 1.09. The molecular weight excluding hydrogens is 773 g/mol. The molecule has 0 unspecified atom stereocenters. The van der Waals surface area contributed by atoms with Gasteiger partial charge in [-0.05, 0) is 91.8 Å². The Morgan fingerprint density at radius 1 is 0.266 bits per heavy atom. The maximum Gasteiger partial charge on any atom is 0.0547 e. The molecule has 64 heavy (non-hydrogen) atoms. The van der Waals surface area contributed by atoms with Crippen LogP contribution in [0.4, 0.5) is 17.1 Å². The van der Waals surface area contributed by atoms with E-state index in [1.807, 2.05) is 0 Å². The predicted molar refractivity (Wildman–Crippen MR) is 272 cm³/mol. The van der Waals surface area contributed by atoms with Crippen molar-refractivity contribution in [1.82, 2.24) is 4.57 Å². The van der Waals surface area contributed by atoms with Crippen molar-refractivity contribution in [1.29, 1.82) is 0 Å². The number of para-hydroxylation sites is 5. The maximum absolute atomic E-state index is 2.52. The number of anilines is 3. The van der Waals surface area contributed by atoms with Gasteiger partial charge < -0.3 is 9.47 Å². The molecule has 12 aromatic rings. The third-order valence-corrected chi connectivity index (χ3v) is 12.8. The van der Waals surface area contributed by atoms with Gasteiger partial charge in [-0.2, -0.15) is 0 Å². The molecular formula is C62H42N2. The van der Waals surface area contributed by atoms with Crippen molar-refractivity contribution in [3.05, 3.63) is 255 Å². The van der Waals surface area contributed by atoms with Crippen molar-refractivity contribution in [2.75, 3.05) is 4.90 Å². The van der Waals surface area contributed by atoms with Gasteiger partial charge in [0.2, 0.25) is 0 Å². The van der Waals surface area contributed by atoms with Crippen LogP contribution in [0.5, 0.6) is 0 Å². The van der Waals surface area contributed by atoms with Crippen molar-refractivity contribution >= 4 is 60.4 Å². The number of rotatable bonds is 8. The van der Waals surface area contributed by atoms with Crippen LogP contribution in [0.1, 0.15) is 0 Å². The quantitative estimate of drug-likeness (QED) is 0.148. The van der Waals surface area contributed by atoms with E-state index < -0.39 is 0 Å². The molecule has 0 bridgehead atoms. The fourth-order valence-electron chi connectivity index (χ4n) is 9.97. The molecule has 0 N–H and O–H groups in total. The van der Waals surface area contributed by atoms with Gasteiger partial charge in [-0.15, -0.1) is 0 Å². The summed E-state index contributed by atoms with van der Waals surface area (Å²) in [7, 11) is 0. The molecule has 1 heterocycles. The van der Waals surface area contributed by atoms with Crippen molar-refractivity contribution in [2.45, 2.75) is 0 Å². The first-order chi connectivity index (χ1) is 31.8. The van der Waals surface area contributed by atoms with Gasteiger partial charge >= 0.3 is 0 Å². The molecule has 2 heteroatoms. The van der Waals surface area contributed by atoms with Crippen molar-refractivity contribution in [2.24, 2.45) is 0 Å².